The molecular weight excluding hydrogens is 382 g/mol. The normalized spacial score (nSPS) is 16.6. The molecule has 31 heavy (non-hydrogen) atoms. The highest BCUT2D eigenvalue weighted by Crippen LogP contribution is 2.33. The highest BCUT2D eigenvalue weighted by molar-refractivity contribution is 5.99. The zero-order valence-corrected chi connectivity index (χ0v) is 19.3. The Morgan fingerprint density at radius 3 is 2.45 bits per heavy atom. The fourth-order valence-electron chi connectivity index (χ4n) is 4.94. The van der Waals surface area contributed by atoms with Crippen molar-refractivity contribution >= 4 is 22.4 Å². The quantitative estimate of drug-likeness (QED) is 0.484. The van der Waals surface area contributed by atoms with Crippen molar-refractivity contribution in [1.29, 1.82) is 5.26 Å². The Kier molecular flexibility index (Phi) is 7.96. The second-order valence-electron chi connectivity index (χ2n) is 9.58. The predicted octanol–water partition coefficient (Wildman–Crippen LogP) is 6.55. The number of nitriles is 1. The van der Waals surface area contributed by atoms with Gasteiger partial charge in [-0.15, -0.1) is 0 Å². The van der Waals surface area contributed by atoms with Gasteiger partial charge in [-0.25, -0.2) is 0 Å². The summed E-state index contributed by atoms with van der Waals surface area (Å²) in [6.07, 6.45) is 10.0. The van der Waals surface area contributed by atoms with Crippen LogP contribution < -0.4 is 10.6 Å². The van der Waals surface area contributed by atoms with E-state index in [0.29, 0.717) is 11.5 Å². The van der Waals surface area contributed by atoms with E-state index in [9.17, 15) is 10.1 Å². The van der Waals surface area contributed by atoms with Gasteiger partial charge in [-0.2, -0.15) is 5.26 Å². The molecule has 2 N–H and O–H groups in total. The Morgan fingerprint density at radius 1 is 1.10 bits per heavy atom. The molecule has 166 valence electrons. The molecule has 0 radical (unpaired) electrons. The van der Waals surface area contributed by atoms with Crippen molar-refractivity contribution in [3.8, 4) is 6.07 Å². The maximum absolute atomic E-state index is 13.6. The van der Waals surface area contributed by atoms with Crippen LogP contribution in [0.1, 0.15) is 84.1 Å². The van der Waals surface area contributed by atoms with Crippen LogP contribution in [0.15, 0.2) is 36.4 Å². The van der Waals surface area contributed by atoms with Crippen molar-refractivity contribution < 1.29 is 4.79 Å². The van der Waals surface area contributed by atoms with Crippen molar-refractivity contribution in [2.24, 2.45) is 5.92 Å². The second kappa shape index (κ2) is 10.7. The Balaban J connectivity index is 1.86. The Morgan fingerprint density at radius 2 is 1.81 bits per heavy atom. The molecule has 0 spiro atoms. The summed E-state index contributed by atoms with van der Waals surface area (Å²) in [4.78, 5) is 13.6. The molecular formula is C27H37N3O. The van der Waals surface area contributed by atoms with Gasteiger partial charge in [-0.3, -0.25) is 4.79 Å². The fraction of sp³-hybridized carbons (Fsp3) is 0.556. The van der Waals surface area contributed by atoms with Gasteiger partial charge in [0.2, 0.25) is 5.91 Å². The van der Waals surface area contributed by atoms with Gasteiger partial charge >= 0.3 is 0 Å². The van der Waals surface area contributed by atoms with Crippen molar-refractivity contribution in [3.05, 3.63) is 42.0 Å². The molecule has 0 unspecified atom stereocenters. The average Bonchev–Trinajstić information content (AvgIpc) is 2.77. The molecule has 1 amide bonds. The Bertz CT molecular complexity index is 922. The van der Waals surface area contributed by atoms with Crippen LogP contribution in [0.2, 0.25) is 0 Å². The van der Waals surface area contributed by atoms with Crippen LogP contribution in [0.25, 0.3) is 10.8 Å². The predicted molar refractivity (Wildman–Crippen MR) is 129 cm³/mol. The largest absolute Gasteiger partial charge is 0.373 e. The molecule has 0 saturated heterocycles. The highest BCUT2D eigenvalue weighted by Gasteiger charge is 2.35. The van der Waals surface area contributed by atoms with Crippen LogP contribution >= 0.6 is 0 Å². The number of carbonyl (C=O) groups excluding carboxylic acids is 1. The SMILES string of the molecule is CCCCC1(NC(=O)[C@H](CC(C)C)Nc2ccc(C#N)c3ccccc23)CCCCC1. The summed E-state index contributed by atoms with van der Waals surface area (Å²) in [7, 11) is 0. The van der Waals surface area contributed by atoms with E-state index in [2.05, 4.69) is 37.5 Å². The van der Waals surface area contributed by atoms with Crippen LogP contribution in [0, 0.1) is 17.2 Å². The maximum atomic E-state index is 13.6. The minimum atomic E-state index is -0.295. The third kappa shape index (κ3) is 5.79. The molecule has 1 atom stereocenters. The van der Waals surface area contributed by atoms with E-state index in [1.807, 2.05) is 36.4 Å². The molecule has 4 nitrogen and oxygen atoms in total. The van der Waals surface area contributed by atoms with Gasteiger partial charge in [0, 0.05) is 22.0 Å². The fourth-order valence-corrected chi connectivity index (χ4v) is 4.94. The number of benzene rings is 2. The molecule has 1 saturated carbocycles. The summed E-state index contributed by atoms with van der Waals surface area (Å²) >= 11 is 0. The zero-order valence-electron chi connectivity index (χ0n) is 19.3. The minimum Gasteiger partial charge on any atom is -0.373 e. The van der Waals surface area contributed by atoms with E-state index in [-0.39, 0.29) is 17.5 Å². The number of unbranched alkanes of at least 4 members (excludes halogenated alkanes) is 1. The van der Waals surface area contributed by atoms with E-state index in [0.717, 1.165) is 55.0 Å². The van der Waals surface area contributed by atoms with Crippen LogP contribution in [-0.2, 0) is 4.79 Å². The van der Waals surface area contributed by atoms with Gasteiger partial charge in [0.1, 0.15) is 6.04 Å². The van der Waals surface area contributed by atoms with Gasteiger partial charge in [-0.1, -0.05) is 77.1 Å². The van der Waals surface area contributed by atoms with E-state index >= 15 is 0 Å². The first-order valence-electron chi connectivity index (χ1n) is 12.0. The molecule has 1 fully saturated rings. The molecule has 2 aromatic rings. The summed E-state index contributed by atoms with van der Waals surface area (Å²) in [5, 5.41) is 18.4. The summed E-state index contributed by atoms with van der Waals surface area (Å²) in [5.74, 6) is 0.506. The topological polar surface area (TPSA) is 64.9 Å². The first-order chi connectivity index (χ1) is 15.0. The summed E-state index contributed by atoms with van der Waals surface area (Å²) in [6, 6.07) is 13.7. The molecule has 4 heteroatoms. The monoisotopic (exact) mass is 419 g/mol. The second-order valence-corrected chi connectivity index (χ2v) is 9.58. The van der Waals surface area contributed by atoms with Gasteiger partial charge in [0.15, 0.2) is 0 Å². The number of rotatable bonds is 9. The lowest BCUT2D eigenvalue weighted by molar-refractivity contribution is -0.124. The number of nitrogens with zero attached hydrogens (tertiary/aromatic N) is 1. The van der Waals surface area contributed by atoms with Crippen LogP contribution in [0.3, 0.4) is 0 Å². The highest BCUT2D eigenvalue weighted by atomic mass is 16.2. The molecule has 2 aromatic carbocycles. The zero-order chi connectivity index (χ0) is 22.3. The molecule has 1 aliphatic rings. The van der Waals surface area contributed by atoms with E-state index in [1.54, 1.807) is 0 Å². The first kappa shape index (κ1) is 23.1. The van der Waals surface area contributed by atoms with E-state index in [1.165, 1.54) is 19.3 Å². The Hall–Kier alpha value is -2.54. The summed E-state index contributed by atoms with van der Waals surface area (Å²) in [6.45, 7) is 6.54. The standard InChI is InChI=1S/C27H37N3O/c1-4-5-15-27(16-9-6-10-17-27)30-26(31)25(18-20(2)3)29-24-14-13-21(19-28)22-11-7-8-12-23(22)24/h7-8,11-14,20,25,29H,4-6,9-10,15-18H2,1-3H3,(H,30,31)/t25-/m0/s1. The smallest absolute Gasteiger partial charge is 0.242 e. The third-order valence-corrected chi connectivity index (χ3v) is 6.61. The van der Waals surface area contributed by atoms with Crippen LogP contribution in [0.4, 0.5) is 5.69 Å². The van der Waals surface area contributed by atoms with Crippen LogP contribution in [0.5, 0.6) is 0 Å². The summed E-state index contributed by atoms with van der Waals surface area (Å²) in [5.41, 5.74) is 1.53. The lowest BCUT2D eigenvalue weighted by Crippen LogP contribution is -2.54. The number of amides is 1. The van der Waals surface area contributed by atoms with Gasteiger partial charge in [-0.05, 0) is 43.7 Å². The number of hydrogen-bond donors (Lipinski definition) is 2. The maximum Gasteiger partial charge on any atom is 0.242 e. The van der Waals surface area contributed by atoms with Crippen LogP contribution in [-0.4, -0.2) is 17.5 Å². The van der Waals surface area contributed by atoms with Crippen molar-refractivity contribution in [1.82, 2.24) is 5.32 Å². The van der Waals surface area contributed by atoms with E-state index in [4.69, 9.17) is 0 Å². The number of anilines is 1. The molecule has 0 bridgehead atoms. The minimum absolute atomic E-state index is 0.0466. The van der Waals surface area contributed by atoms with Crippen molar-refractivity contribution in [2.45, 2.75) is 90.1 Å². The summed E-state index contributed by atoms with van der Waals surface area (Å²) < 4.78 is 0. The molecule has 3 rings (SSSR count). The van der Waals surface area contributed by atoms with E-state index < -0.39 is 0 Å². The molecule has 0 aromatic heterocycles. The van der Waals surface area contributed by atoms with Crippen molar-refractivity contribution in [3.63, 3.8) is 0 Å². The third-order valence-electron chi connectivity index (χ3n) is 6.61. The van der Waals surface area contributed by atoms with Gasteiger partial charge < -0.3 is 10.6 Å². The molecule has 0 heterocycles. The lowest BCUT2D eigenvalue weighted by Gasteiger charge is -2.39. The van der Waals surface area contributed by atoms with Gasteiger partial charge in [0.25, 0.3) is 0 Å². The number of fused-ring (bicyclic) bond motifs is 1. The number of nitrogens with one attached hydrogen (secondary N) is 2. The number of carbonyl (C=O) groups is 1. The van der Waals surface area contributed by atoms with Crippen molar-refractivity contribution in [2.75, 3.05) is 5.32 Å². The first-order valence-corrected chi connectivity index (χ1v) is 12.0. The van der Waals surface area contributed by atoms with Gasteiger partial charge in [0.05, 0.1) is 11.6 Å². The number of hydrogen-bond acceptors (Lipinski definition) is 3. The molecule has 1 aliphatic carbocycles. The molecule has 0 aliphatic heterocycles. The lowest BCUT2D eigenvalue weighted by atomic mass is 9.78. The average molecular weight is 420 g/mol. The Labute approximate surface area is 187 Å².